The molecule has 0 aliphatic carbocycles. The zero-order valence-corrected chi connectivity index (χ0v) is 12.2. The maximum atomic E-state index is 12.2. The van der Waals surface area contributed by atoms with Crippen molar-refractivity contribution in [3.8, 4) is 0 Å². The van der Waals surface area contributed by atoms with Gasteiger partial charge in [-0.05, 0) is 31.0 Å². The van der Waals surface area contributed by atoms with Crippen LogP contribution in [0.25, 0.3) is 0 Å². The first-order valence-electron chi connectivity index (χ1n) is 6.49. The molecule has 0 amide bonds. The summed E-state index contributed by atoms with van der Waals surface area (Å²) in [7, 11) is -3.45. The summed E-state index contributed by atoms with van der Waals surface area (Å²) >= 11 is 0. The van der Waals surface area contributed by atoms with Crippen LogP contribution in [0.5, 0.6) is 0 Å². The van der Waals surface area contributed by atoms with Gasteiger partial charge in [-0.3, -0.25) is 0 Å². The first-order chi connectivity index (χ1) is 9.47. The highest BCUT2D eigenvalue weighted by Crippen LogP contribution is 2.14. The van der Waals surface area contributed by atoms with E-state index in [1.165, 1.54) is 0 Å². The monoisotopic (exact) mass is 290 g/mol. The van der Waals surface area contributed by atoms with Gasteiger partial charge in [-0.2, -0.15) is 0 Å². The van der Waals surface area contributed by atoms with Gasteiger partial charge < -0.3 is 5.11 Å². The number of benzene rings is 2. The van der Waals surface area contributed by atoms with Crippen molar-refractivity contribution < 1.29 is 13.5 Å². The molecule has 2 aromatic carbocycles. The molecular weight excluding hydrogens is 272 g/mol. The summed E-state index contributed by atoms with van der Waals surface area (Å²) in [6, 6.07) is 16.1. The summed E-state index contributed by atoms with van der Waals surface area (Å²) in [5, 5.41) is 9.97. The first-order valence-corrected chi connectivity index (χ1v) is 8.14. The number of hydrogen-bond donors (Lipinski definition) is 1. The van der Waals surface area contributed by atoms with Crippen molar-refractivity contribution >= 4 is 9.84 Å². The van der Waals surface area contributed by atoms with Crippen LogP contribution in [0.3, 0.4) is 0 Å². The Hall–Kier alpha value is -1.65. The van der Waals surface area contributed by atoms with E-state index in [0.29, 0.717) is 6.42 Å². The van der Waals surface area contributed by atoms with Crippen LogP contribution in [-0.4, -0.2) is 25.4 Å². The van der Waals surface area contributed by atoms with Crippen LogP contribution in [0.4, 0.5) is 0 Å². The molecule has 20 heavy (non-hydrogen) atoms. The summed E-state index contributed by atoms with van der Waals surface area (Å²) in [6.45, 7) is 1.90. The van der Waals surface area contributed by atoms with Crippen LogP contribution in [0, 0.1) is 6.92 Å². The second kappa shape index (κ2) is 6.20. The fourth-order valence-electron chi connectivity index (χ4n) is 2.04. The molecule has 2 aromatic rings. The summed E-state index contributed by atoms with van der Waals surface area (Å²) in [4.78, 5) is 0.259. The van der Waals surface area contributed by atoms with Gasteiger partial charge in [0.1, 0.15) is 0 Å². The van der Waals surface area contributed by atoms with Crippen molar-refractivity contribution in [1.82, 2.24) is 0 Å². The number of sulfone groups is 1. The number of aliphatic hydroxyl groups is 1. The van der Waals surface area contributed by atoms with Crippen molar-refractivity contribution in [2.24, 2.45) is 0 Å². The van der Waals surface area contributed by atoms with Crippen molar-refractivity contribution in [1.29, 1.82) is 0 Å². The van der Waals surface area contributed by atoms with E-state index in [1.807, 2.05) is 37.3 Å². The summed E-state index contributed by atoms with van der Waals surface area (Å²) in [5.41, 5.74) is 1.94. The lowest BCUT2D eigenvalue weighted by atomic mass is 10.1. The number of aliphatic hydroxyl groups excluding tert-OH is 1. The van der Waals surface area contributed by atoms with Crippen molar-refractivity contribution in [3.05, 3.63) is 65.7 Å². The molecule has 0 saturated heterocycles. The largest absolute Gasteiger partial charge is 0.392 e. The van der Waals surface area contributed by atoms with Crippen LogP contribution in [0.1, 0.15) is 11.1 Å². The van der Waals surface area contributed by atoms with E-state index in [-0.39, 0.29) is 10.6 Å². The summed E-state index contributed by atoms with van der Waals surface area (Å²) < 4.78 is 24.4. The molecular formula is C16H18O3S. The molecule has 0 heterocycles. The second-order valence-electron chi connectivity index (χ2n) is 4.94. The van der Waals surface area contributed by atoms with Gasteiger partial charge in [0, 0.05) is 0 Å². The van der Waals surface area contributed by atoms with E-state index in [2.05, 4.69) is 0 Å². The lowest BCUT2D eigenvalue weighted by Gasteiger charge is -2.11. The SMILES string of the molecule is Cc1ccc(S(=O)(=O)CC(O)Cc2ccccc2)cc1. The van der Waals surface area contributed by atoms with Gasteiger partial charge in [0.05, 0.1) is 16.8 Å². The topological polar surface area (TPSA) is 54.4 Å². The van der Waals surface area contributed by atoms with Gasteiger partial charge >= 0.3 is 0 Å². The van der Waals surface area contributed by atoms with E-state index < -0.39 is 15.9 Å². The molecule has 0 aliphatic heterocycles. The predicted octanol–water partition coefficient (Wildman–Crippen LogP) is 2.37. The van der Waals surface area contributed by atoms with Gasteiger partial charge in [0.25, 0.3) is 0 Å². The Morgan fingerprint density at radius 1 is 1.00 bits per heavy atom. The quantitative estimate of drug-likeness (QED) is 0.920. The van der Waals surface area contributed by atoms with Gasteiger partial charge in [-0.25, -0.2) is 8.42 Å². The Morgan fingerprint density at radius 3 is 2.20 bits per heavy atom. The van der Waals surface area contributed by atoms with Crippen LogP contribution < -0.4 is 0 Å². The van der Waals surface area contributed by atoms with Crippen LogP contribution >= 0.6 is 0 Å². The molecule has 0 radical (unpaired) electrons. The highest BCUT2D eigenvalue weighted by Gasteiger charge is 2.19. The van der Waals surface area contributed by atoms with E-state index in [1.54, 1.807) is 24.3 Å². The Morgan fingerprint density at radius 2 is 1.60 bits per heavy atom. The smallest absolute Gasteiger partial charge is 0.180 e. The van der Waals surface area contributed by atoms with Crippen molar-refractivity contribution in [2.45, 2.75) is 24.3 Å². The molecule has 2 rings (SSSR count). The normalized spacial score (nSPS) is 13.1. The summed E-state index contributed by atoms with van der Waals surface area (Å²) in [6.07, 6.45) is -0.560. The third-order valence-electron chi connectivity index (χ3n) is 3.11. The molecule has 0 fully saturated rings. The van der Waals surface area contributed by atoms with Crippen LogP contribution in [0.2, 0.25) is 0 Å². The maximum absolute atomic E-state index is 12.2. The number of hydrogen-bond acceptors (Lipinski definition) is 3. The van der Waals surface area contributed by atoms with Gasteiger partial charge in [0.2, 0.25) is 0 Å². The molecule has 0 aliphatic rings. The highest BCUT2D eigenvalue weighted by molar-refractivity contribution is 7.91. The Balaban J connectivity index is 2.06. The molecule has 0 aromatic heterocycles. The molecule has 4 heteroatoms. The zero-order chi connectivity index (χ0) is 14.6. The third-order valence-corrected chi connectivity index (χ3v) is 4.92. The minimum atomic E-state index is -3.45. The van der Waals surface area contributed by atoms with Gasteiger partial charge in [-0.15, -0.1) is 0 Å². The second-order valence-corrected chi connectivity index (χ2v) is 6.97. The molecule has 3 nitrogen and oxygen atoms in total. The van der Waals surface area contributed by atoms with Crippen molar-refractivity contribution in [3.63, 3.8) is 0 Å². The first kappa shape index (κ1) is 14.8. The molecule has 0 spiro atoms. The standard InChI is InChI=1S/C16H18O3S/c1-13-7-9-16(10-8-13)20(18,19)12-15(17)11-14-5-3-2-4-6-14/h2-10,15,17H,11-12H2,1H3. The molecule has 106 valence electrons. The Labute approximate surface area is 119 Å². The Bertz CT molecular complexity index is 646. The molecule has 1 atom stereocenters. The van der Waals surface area contributed by atoms with Crippen molar-refractivity contribution in [2.75, 3.05) is 5.75 Å². The predicted molar refractivity (Wildman–Crippen MR) is 79.4 cm³/mol. The fourth-order valence-corrected chi connectivity index (χ4v) is 3.41. The summed E-state index contributed by atoms with van der Waals surface area (Å²) in [5.74, 6) is -0.259. The minimum absolute atomic E-state index is 0.259. The van der Waals surface area contributed by atoms with Gasteiger partial charge in [-0.1, -0.05) is 48.0 Å². The Kier molecular flexibility index (Phi) is 4.57. The third kappa shape index (κ3) is 3.92. The van der Waals surface area contributed by atoms with Crippen LogP contribution in [-0.2, 0) is 16.3 Å². The number of rotatable bonds is 5. The minimum Gasteiger partial charge on any atom is -0.392 e. The molecule has 1 N–H and O–H groups in total. The highest BCUT2D eigenvalue weighted by atomic mass is 32.2. The number of aryl methyl sites for hydroxylation is 1. The molecule has 0 saturated carbocycles. The van der Waals surface area contributed by atoms with Crippen LogP contribution in [0.15, 0.2) is 59.5 Å². The van der Waals surface area contributed by atoms with Gasteiger partial charge in [0.15, 0.2) is 9.84 Å². The molecule has 0 bridgehead atoms. The average molecular weight is 290 g/mol. The van der Waals surface area contributed by atoms with E-state index in [9.17, 15) is 13.5 Å². The lowest BCUT2D eigenvalue weighted by molar-refractivity contribution is 0.198. The van der Waals surface area contributed by atoms with E-state index in [4.69, 9.17) is 0 Å². The molecule has 1 unspecified atom stereocenters. The average Bonchev–Trinajstić information content (AvgIpc) is 2.39. The maximum Gasteiger partial charge on any atom is 0.180 e. The van der Waals surface area contributed by atoms with E-state index >= 15 is 0 Å². The lowest BCUT2D eigenvalue weighted by Crippen LogP contribution is -2.23. The van der Waals surface area contributed by atoms with E-state index in [0.717, 1.165) is 11.1 Å². The zero-order valence-electron chi connectivity index (χ0n) is 11.4. The fraction of sp³-hybridized carbons (Fsp3) is 0.250.